The molecule has 0 unspecified atom stereocenters. The van der Waals surface area contributed by atoms with Gasteiger partial charge in [0.1, 0.15) is 0 Å². The number of hydrogen-bond acceptors (Lipinski definition) is 1. The lowest BCUT2D eigenvalue weighted by atomic mass is 9.88. The summed E-state index contributed by atoms with van der Waals surface area (Å²) in [5.41, 5.74) is 12.6. The van der Waals surface area contributed by atoms with Gasteiger partial charge in [-0.3, -0.25) is 4.98 Å². The van der Waals surface area contributed by atoms with Gasteiger partial charge in [-0.05, 0) is 92.5 Å². The van der Waals surface area contributed by atoms with Gasteiger partial charge in [0, 0.05) is 14.5 Å². The molecule has 1 aromatic heterocycles. The van der Waals surface area contributed by atoms with E-state index in [0.717, 1.165) is 22.4 Å². The summed E-state index contributed by atoms with van der Waals surface area (Å²) in [6, 6.07) is 46.7. The number of benzene rings is 5. The molecule has 0 saturated carbocycles. The van der Waals surface area contributed by atoms with Crippen molar-refractivity contribution in [3.05, 3.63) is 151 Å². The van der Waals surface area contributed by atoms with Gasteiger partial charge in [-0.1, -0.05) is 136 Å². The second-order valence-electron chi connectivity index (χ2n) is 11.9. The van der Waals surface area contributed by atoms with E-state index in [0.29, 0.717) is 5.56 Å². The summed E-state index contributed by atoms with van der Waals surface area (Å²) >= 11 is 0. The lowest BCUT2D eigenvalue weighted by Gasteiger charge is -2.18. The van der Waals surface area contributed by atoms with Gasteiger partial charge in [0.15, 0.2) is 0 Å². The molecule has 0 amide bonds. The molecule has 1 nitrogen and oxygen atoms in total. The maximum Gasteiger partial charge on any atom is 0.0704 e. The van der Waals surface area contributed by atoms with Crippen LogP contribution in [-0.2, 0) is 6.37 Å². The standard InChI is InChI=1S/C41H37N/c1-29-10-11-38(40-26-30(24-25-42-40)28-41(2,3)4)27-39(29)37-22-20-36(21-23-37)35-18-16-34(17-19-35)33-14-12-32(13-15-33)31-8-6-5-7-9-31/h5-27H,28H2,1-4H3/i28D2. The van der Waals surface area contributed by atoms with Crippen molar-refractivity contribution in [3.8, 4) is 55.8 Å². The Bertz CT molecular complexity index is 1880. The van der Waals surface area contributed by atoms with E-state index in [9.17, 15) is 0 Å². The fraction of sp³-hybridized carbons (Fsp3) is 0.146. The first-order valence-corrected chi connectivity index (χ1v) is 14.5. The zero-order valence-corrected chi connectivity index (χ0v) is 24.7. The molecule has 0 fully saturated rings. The maximum atomic E-state index is 8.71. The molecule has 6 rings (SSSR count). The van der Waals surface area contributed by atoms with E-state index in [1.54, 1.807) is 12.3 Å². The highest BCUT2D eigenvalue weighted by Gasteiger charge is 2.13. The molecule has 0 aliphatic heterocycles. The molecule has 0 spiro atoms. The number of pyridine rings is 1. The van der Waals surface area contributed by atoms with Crippen molar-refractivity contribution in [2.24, 2.45) is 5.41 Å². The van der Waals surface area contributed by atoms with E-state index in [4.69, 9.17) is 2.74 Å². The maximum absolute atomic E-state index is 8.71. The highest BCUT2D eigenvalue weighted by molar-refractivity contribution is 5.78. The molecule has 6 aromatic rings. The monoisotopic (exact) mass is 545 g/mol. The summed E-state index contributed by atoms with van der Waals surface area (Å²) in [7, 11) is 0. The highest BCUT2D eigenvalue weighted by atomic mass is 14.7. The lowest BCUT2D eigenvalue weighted by molar-refractivity contribution is 0.411. The fourth-order valence-electron chi connectivity index (χ4n) is 5.37. The summed E-state index contributed by atoms with van der Waals surface area (Å²) in [5, 5.41) is 0. The average molecular weight is 546 g/mol. The van der Waals surface area contributed by atoms with Crippen molar-refractivity contribution in [1.29, 1.82) is 0 Å². The van der Waals surface area contributed by atoms with Crippen LogP contribution in [0.3, 0.4) is 0 Å². The van der Waals surface area contributed by atoms with Gasteiger partial charge >= 0.3 is 0 Å². The number of nitrogens with zero attached hydrogens (tertiary/aromatic N) is 1. The van der Waals surface area contributed by atoms with Crippen molar-refractivity contribution in [2.45, 2.75) is 34.1 Å². The summed E-state index contributed by atoms with van der Waals surface area (Å²) < 4.78 is 17.4. The van der Waals surface area contributed by atoms with Crippen molar-refractivity contribution in [2.75, 3.05) is 0 Å². The molecule has 0 aliphatic rings. The van der Waals surface area contributed by atoms with Crippen molar-refractivity contribution < 1.29 is 2.74 Å². The van der Waals surface area contributed by atoms with E-state index < -0.39 is 11.8 Å². The van der Waals surface area contributed by atoms with Crippen LogP contribution < -0.4 is 0 Å². The Kier molecular flexibility index (Phi) is 6.92. The summed E-state index contributed by atoms with van der Waals surface area (Å²) in [4.78, 5) is 4.60. The Balaban J connectivity index is 1.22. The van der Waals surface area contributed by atoms with Crippen LogP contribution in [0.2, 0.25) is 0 Å². The number of rotatable bonds is 6. The molecule has 0 radical (unpaired) electrons. The van der Waals surface area contributed by atoms with Crippen molar-refractivity contribution in [1.82, 2.24) is 4.98 Å². The van der Waals surface area contributed by atoms with E-state index >= 15 is 0 Å². The third kappa shape index (κ3) is 6.26. The van der Waals surface area contributed by atoms with Crippen LogP contribution in [-0.4, -0.2) is 4.98 Å². The molecule has 0 aliphatic carbocycles. The van der Waals surface area contributed by atoms with Crippen molar-refractivity contribution >= 4 is 0 Å². The normalized spacial score (nSPS) is 12.5. The van der Waals surface area contributed by atoms with Gasteiger partial charge < -0.3 is 0 Å². The van der Waals surface area contributed by atoms with E-state index in [1.165, 1.54) is 38.9 Å². The summed E-state index contributed by atoms with van der Waals surface area (Å²) in [6.45, 7) is 7.92. The average Bonchev–Trinajstić information content (AvgIpc) is 3.05. The molecular weight excluding hydrogens is 506 g/mol. The van der Waals surface area contributed by atoms with Gasteiger partial charge in [-0.15, -0.1) is 0 Å². The Morgan fingerprint density at radius 2 is 0.976 bits per heavy atom. The fourth-order valence-corrected chi connectivity index (χ4v) is 5.37. The predicted molar refractivity (Wildman–Crippen MR) is 179 cm³/mol. The number of aryl methyl sites for hydroxylation is 1. The van der Waals surface area contributed by atoms with Crippen LogP contribution in [0.25, 0.3) is 55.8 Å². The van der Waals surface area contributed by atoms with E-state index in [1.807, 2.05) is 32.9 Å². The zero-order valence-electron chi connectivity index (χ0n) is 26.7. The first-order valence-electron chi connectivity index (χ1n) is 15.5. The Hall–Kier alpha value is -4.75. The third-order valence-electron chi connectivity index (χ3n) is 7.55. The summed E-state index contributed by atoms with van der Waals surface area (Å²) in [5.74, 6) is 0. The van der Waals surface area contributed by atoms with Crippen LogP contribution in [0, 0.1) is 12.3 Å². The molecule has 5 aromatic carbocycles. The number of aromatic nitrogens is 1. The smallest absolute Gasteiger partial charge is 0.0704 e. The Labute approximate surface area is 253 Å². The molecular formula is C41H37N. The number of hydrogen-bond donors (Lipinski definition) is 0. The minimum absolute atomic E-state index is 0.528. The molecule has 0 saturated heterocycles. The largest absolute Gasteiger partial charge is 0.256 e. The first-order chi connectivity index (χ1) is 21.1. The van der Waals surface area contributed by atoms with Gasteiger partial charge in [0.2, 0.25) is 0 Å². The quantitative estimate of drug-likeness (QED) is 0.203. The third-order valence-corrected chi connectivity index (χ3v) is 7.55. The minimum atomic E-state index is -1.47. The molecule has 0 atom stereocenters. The van der Waals surface area contributed by atoms with Gasteiger partial charge in [0.25, 0.3) is 0 Å². The van der Waals surface area contributed by atoms with Crippen LogP contribution in [0.5, 0.6) is 0 Å². The lowest BCUT2D eigenvalue weighted by Crippen LogP contribution is -2.09. The van der Waals surface area contributed by atoms with Gasteiger partial charge in [-0.2, -0.15) is 0 Å². The Morgan fingerprint density at radius 3 is 1.48 bits per heavy atom. The van der Waals surface area contributed by atoms with E-state index in [2.05, 4.69) is 127 Å². The Morgan fingerprint density at radius 1 is 0.524 bits per heavy atom. The molecule has 1 heteroatoms. The van der Waals surface area contributed by atoms with Crippen LogP contribution in [0.4, 0.5) is 0 Å². The second kappa shape index (κ2) is 11.6. The van der Waals surface area contributed by atoms with Crippen LogP contribution in [0.15, 0.2) is 140 Å². The molecule has 42 heavy (non-hydrogen) atoms. The van der Waals surface area contributed by atoms with Gasteiger partial charge in [0.05, 0.1) is 5.69 Å². The molecule has 0 N–H and O–H groups in total. The van der Waals surface area contributed by atoms with Crippen molar-refractivity contribution in [3.63, 3.8) is 0 Å². The van der Waals surface area contributed by atoms with Crippen LogP contribution in [0.1, 0.15) is 34.6 Å². The van der Waals surface area contributed by atoms with Crippen LogP contribution >= 0.6 is 0 Å². The SMILES string of the molecule is [2H]C([2H])(c1ccnc(-c2ccc(C)c(-c3ccc(-c4ccc(-c5ccc(-c6ccccc6)cc5)cc4)cc3)c2)c1)C(C)(C)C. The highest BCUT2D eigenvalue weighted by Crippen LogP contribution is 2.32. The topological polar surface area (TPSA) is 12.9 Å². The van der Waals surface area contributed by atoms with E-state index in [-0.39, 0.29) is 0 Å². The predicted octanol–water partition coefficient (Wildman–Crippen LogP) is 11.3. The molecule has 1 heterocycles. The zero-order chi connectivity index (χ0) is 30.9. The first kappa shape index (κ1) is 25.0. The molecule has 0 bridgehead atoms. The molecule has 206 valence electrons. The minimum Gasteiger partial charge on any atom is -0.256 e. The van der Waals surface area contributed by atoms with Gasteiger partial charge in [-0.25, -0.2) is 0 Å². The second-order valence-corrected chi connectivity index (χ2v) is 11.9. The summed E-state index contributed by atoms with van der Waals surface area (Å²) in [6.07, 6.45) is 0.243.